The Bertz CT molecular complexity index is 1300. The summed E-state index contributed by atoms with van der Waals surface area (Å²) >= 11 is 0. The number of hydrogen-bond acceptors (Lipinski definition) is 3. The van der Waals surface area contributed by atoms with E-state index in [0.29, 0.717) is 0 Å². The van der Waals surface area contributed by atoms with Gasteiger partial charge in [0.1, 0.15) is 0 Å². The molecule has 0 unspecified atom stereocenters. The minimum absolute atomic E-state index is 0.962. The number of aryl methyl sites for hydroxylation is 4. The zero-order valence-electron chi connectivity index (χ0n) is 27.9. The third-order valence-electron chi connectivity index (χ3n) is 6.55. The number of nitrogens with one attached hydrogen (secondary N) is 3. The van der Waals surface area contributed by atoms with Gasteiger partial charge in [-0.05, 0) is 132 Å². The van der Waals surface area contributed by atoms with Crippen LogP contribution in [-0.4, -0.2) is 13.3 Å². The van der Waals surface area contributed by atoms with Crippen LogP contribution in [0.15, 0.2) is 109 Å². The van der Waals surface area contributed by atoms with E-state index in [1.807, 2.05) is 40.0 Å². The van der Waals surface area contributed by atoms with Crippen LogP contribution < -0.4 is 10.6 Å². The molecule has 3 nitrogen and oxygen atoms in total. The lowest BCUT2D eigenvalue weighted by molar-refractivity contribution is 0.817. The van der Waals surface area contributed by atoms with Crippen LogP contribution in [-0.2, 0) is 13.0 Å². The molecule has 226 valence electrons. The van der Waals surface area contributed by atoms with Crippen LogP contribution in [0.25, 0.3) is 5.57 Å². The smallest absolute Gasteiger partial charge is 0.0382 e. The van der Waals surface area contributed by atoms with E-state index < -0.39 is 0 Å². The van der Waals surface area contributed by atoms with Crippen LogP contribution in [0.5, 0.6) is 0 Å². The average Bonchev–Trinajstić information content (AvgIpc) is 2.96. The summed E-state index contributed by atoms with van der Waals surface area (Å²) in [4.78, 5) is 0. The number of allylic oxidation sites excluding steroid dienone is 5. The van der Waals surface area contributed by atoms with Crippen molar-refractivity contribution in [1.29, 1.82) is 5.41 Å². The highest BCUT2D eigenvalue weighted by molar-refractivity contribution is 5.75. The van der Waals surface area contributed by atoms with Gasteiger partial charge in [-0.1, -0.05) is 91.9 Å². The minimum atomic E-state index is 0.962. The molecule has 0 atom stereocenters. The molecular formula is C39H55N3. The van der Waals surface area contributed by atoms with E-state index in [2.05, 4.69) is 126 Å². The predicted octanol–water partition coefficient (Wildman–Crippen LogP) is 10.8. The van der Waals surface area contributed by atoms with Crippen molar-refractivity contribution in [3.63, 3.8) is 0 Å². The van der Waals surface area contributed by atoms with Crippen molar-refractivity contribution in [2.75, 3.05) is 12.4 Å². The Balaban J connectivity index is 0.000000545. The summed E-state index contributed by atoms with van der Waals surface area (Å²) in [6.45, 7) is 27.2. The van der Waals surface area contributed by atoms with E-state index in [0.717, 1.165) is 29.8 Å². The molecule has 0 aliphatic heterocycles. The Kier molecular flexibility index (Phi) is 19.7. The summed E-state index contributed by atoms with van der Waals surface area (Å²) in [5, 5.41) is 12.9. The van der Waals surface area contributed by atoms with Gasteiger partial charge in [0.2, 0.25) is 0 Å². The summed E-state index contributed by atoms with van der Waals surface area (Å²) in [7, 11) is 1.97. The molecule has 3 aromatic rings. The quantitative estimate of drug-likeness (QED) is 0.188. The van der Waals surface area contributed by atoms with Crippen LogP contribution in [0.4, 0.5) is 5.69 Å². The second-order valence-electron chi connectivity index (χ2n) is 10.7. The second kappa shape index (κ2) is 21.8. The predicted molar refractivity (Wildman–Crippen MR) is 191 cm³/mol. The van der Waals surface area contributed by atoms with Gasteiger partial charge < -0.3 is 16.0 Å². The molecule has 0 amide bonds. The summed E-state index contributed by atoms with van der Waals surface area (Å²) in [6, 6.07) is 23.3. The fourth-order valence-electron chi connectivity index (χ4n) is 3.55. The van der Waals surface area contributed by atoms with E-state index in [4.69, 9.17) is 5.41 Å². The first-order valence-corrected chi connectivity index (χ1v) is 14.6. The number of benzene rings is 3. The first-order valence-electron chi connectivity index (χ1n) is 14.6. The van der Waals surface area contributed by atoms with Crippen molar-refractivity contribution >= 4 is 17.5 Å². The van der Waals surface area contributed by atoms with Gasteiger partial charge in [0.05, 0.1) is 0 Å². The molecule has 0 aliphatic rings. The Morgan fingerprint density at radius 1 is 0.810 bits per heavy atom. The molecule has 0 fully saturated rings. The zero-order valence-corrected chi connectivity index (χ0v) is 27.9. The standard InChI is InChI=1S/C13H16.C10H13N.C10H15N.C6H11N/c1-10(2)9-12(4)13-8-6-5-7-11(13)3;1-4-11-10-6-5-8(2)9(3)7-10;1-3-9-4-6-10(7-5-9)8-11-2;1-5(2)6(3)4-7/h5-9H,4H2,1-3H3;4-7,11H,1H2,2-3H3;4-7,11H,3,8H2,1-2H3;4,7H,1-3H3. The average molecular weight is 566 g/mol. The van der Waals surface area contributed by atoms with Gasteiger partial charge >= 0.3 is 0 Å². The van der Waals surface area contributed by atoms with Gasteiger partial charge in [0, 0.05) is 18.4 Å². The molecule has 0 bridgehead atoms. The SMILES string of the molecule is C=C(C=C(C)C)c1ccccc1C.C=CNc1ccc(C)c(C)c1.CC(C)=C(C)C=N.CCc1ccc(CNC)cc1. The lowest BCUT2D eigenvalue weighted by Gasteiger charge is -2.05. The Morgan fingerprint density at radius 2 is 1.40 bits per heavy atom. The fraction of sp³-hybridized carbons (Fsp3) is 0.308. The molecular weight excluding hydrogens is 510 g/mol. The van der Waals surface area contributed by atoms with Crippen molar-refractivity contribution in [2.45, 2.75) is 75.3 Å². The fourth-order valence-corrected chi connectivity index (χ4v) is 3.55. The van der Waals surface area contributed by atoms with Gasteiger partial charge in [-0.25, -0.2) is 0 Å². The van der Waals surface area contributed by atoms with E-state index in [9.17, 15) is 0 Å². The molecule has 0 spiro atoms. The topological polar surface area (TPSA) is 47.9 Å². The third kappa shape index (κ3) is 16.3. The lowest BCUT2D eigenvalue weighted by Crippen LogP contribution is -2.04. The van der Waals surface area contributed by atoms with Gasteiger partial charge in [-0.2, -0.15) is 0 Å². The summed E-state index contributed by atoms with van der Waals surface area (Å²) in [5.41, 5.74) is 13.7. The van der Waals surface area contributed by atoms with Gasteiger partial charge in [0.25, 0.3) is 0 Å². The highest BCUT2D eigenvalue weighted by Crippen LogP contribution is 2.19. The largest absolute Gasteiger partial charge is 0.362 e. The molecule has 0 heterocycles. The molecule has 3 aromatic carbocycles. The van der Waals surface area contributed by atoms with E-state index in [1.165, 1.54) is 50.7 Å². The highest BCUT2D eigenvalue weighted by Gasteiger charge is 1.98. The van der Waals surface area contributed by atoms with E-state index >= 15 is 0 Å². The van der Waals surface area contributed by atoms with Crippen molar-refractivity contribution in [3.8, 4) is 0 Å². The summed E-state index contributed by atoms with van der Waals surface area (Å²) < 4.78 is 0. The number of rotatable bonds is 8. The Hall–Kier alpha value is -3.95. The molecule has 0 radical (unpaired) electrons. The van der Waals surface area contributed by atoms with Gasteiger partial charge in [0.15, 0.2) is 0 Å². The zero-order chi connectivity index (χ0) is 32.1. The molecule has 0 saturated heterocycles. The number of anilines is 1. The first-order chi connectivity index (χ1) is 19.9. The van der Waals surface area contributed by atoms with E-state index in [-0.39, 0.29) is 0 Å². The Morgan fingerprint density at radius 3 is 1.83 bits per heavy atom. The van der Waals surface area contributed by atoms with Crippen molar-refractivity contribution in [3.05, 3.63) is 142 Å². The maximum absolute atomic E-state index is 6.76. The normalized spacial score (nSPS) is 9.29. The first kappa shape index (κ1) is 38.1. The maximum Gasteiger partial charge on any atom is 0.0382 e. The van der Waals surface area contributed by atoms with Crippen molar-refractivity contribution in [2.24, 2.45) is 0 Å². The molecule has 0 saturated carbocycles. The molecule has 3 rings (SSSR count). The molecule has 3 N–H and O–H groups in total. The molecule has 0 aliphatic carbocycles. The second-order valence-corrected chi connectivity index (χ2v) is 10.7. The summed E-state index contributed by atoms with van der Waals surface area (Å²) in [6.07, 6.45) is 6.29. The van der Waals surface area contributed by atoms with E-state index in [1.54, 1.807) is 6.20 Å². The molecule has 0 aromatic heterocycles. The highest BCUT2D eigenvalue weighted by atomic mass is 14.8. The third-order valence-corrected chi connectivity index (χ3v) is 6.55. The van der Waals surface area contributed by atoms with Crippen LogP contribution >= 0.6 is 0 Å². The van der Waals surface area contributed by atoms with Crippen molar-refractivity contribution in [1.82, 2.24) is 5.32 Å². The number of hydrogen-bond donors (Lipinski definition) is 3. The molecule has 42 heavy (non-hydrogen) atoms. The van der Waals surface area contributed by atoms with Crippen LogP contribution in [0.2, 0.25) is 0 Å². The Labute approximate surface area is 257 Å². The lowest BCUT2D eigenvalue weighted by atomic mass is 10.0. The minimum Gasteiger partial charge on any atom is -0.362 e. The summed E-state index contributed by atoms with van der Waals surface area (Å²) in [5.74, 6) is 0. The maximum atomic E-state index is 6.76. The van der Waals surface area contributed by atoms with Gasteiger partial charge in [-0.3, -0.25) is 0 Å². The monoisotopic (exact) mass is 565 g/mol. The van der Waals surface area contributed by atoms with Gasteiger partial charge in [-0.15, -0.1) is 0 Å². The van der Waals surface area contributed by atoms with Crippen LogP contribution in [0, 0.1) is 26.2 Å². The molecule has 3 heteroatoms. The van der Waals surface area contributed by atoms with Crippen molar-refractivity contribution < 1.29 is 0 Å². The van der Waals surface area contributed by atoms with Crippen LogP contribution in [0.3, 0.4) is 0 Å². The van der Waals surface area contributed by atoms with Crippen LogP contribution in [0.1, 0.15) is 74.9 Å².